The lowest BCUT2D eigenvalue weighted by molar-refractivity contribution is 1.60. The Kier molecular flexibility index (Phi) is 6.54. The van der Waals surface area contributed by atoms with Crippen LogP contribution < -0.4 is 0 Å². The summed E-state index contributed by atoms with van der Waals surface area (Å²) in [6.07, 6.45) is 0. The van der Waals surface area contributed by atoms with Gasteiger partial charge in [-0.05, 0) is 132 Å². The third kappa shape index (κ3) is 4.24. The van der Waals surface area contributed by atoms with E-state index in [1.807, 2.05) is 0 Å². The average Bonchev–Trinajstić information content (AvgIpc) is 3.80. The molecule has 0 heterocycles. The van der Waals surface area contributed by atoms with Gasteiger partial charge in [-0.25, -0.2) is 0 Å². The van der Waals surface area contributed by atoms with Crippen LogP contribution in [0.5, 0.6) is 0 Å². The van der Waals surface area contributed by atoms with Gasteiger partial charge < -0.3 is 0 Å². The van der Waals surface area contributed by atoms with E-state index in [1.54, 1.807) is 0 Å². The molecule has 11 aromatic carbocycles. The summed E-state index contributed by atoms with van der Waals surface area (Å²) < 4.78 is 0. The van der Waals surface area contributed by atoms with Crippen molar-refractivity contribution < 1.29 is 0 Å². The summed E-state index contributed by atoms with van der Waals surface area (Å²) in [7, 11) is 0. The fourth-order valence-corrected chi connectivity index (χ4v) is 10.7. The Bertz CT molecular complexity index is 3270. The van der Waals surface area contributed by atoms with E-state index in [9.17, 15) is 0 Å². The molecule has 0 radical (unpaired) electrons. The smallest absolute Gasteiger partial charge is 0.000742 e. The Hall–Kier alpha value is -7.54. The Morgan fingerprint density at radius 3 is 0.724 bits per heavy atom. The molecular weight excluding hydrogens is 697 g/mol. The van der Waals surface area contributed by atoms with Crippen molar-refractivity contribution in [1.82, 2.24) is 0 Å². The van der Waals surface area contributed by atoms with Gasteiger partial charge in [-0.3, -0.25) is 0 Å². The number of rotatable bonds is 4. The normalized spacial score (nSPS) is 12.1. The zero-order valence-electron chi connectivity index (χ0n) is 31.6. The topological polar surface area (TPSA) is 0 Å². The molecule has 0 bridgehead atoms. The first-order chi connectivity index (χ1) is 28.8. The van der Waals surface area contributed by atoms with Gasteiger partial charge in [0.05, 0.1) is 0 Å². The Morgan fingerprint density at radius 1 is 0.172 bits per heavy atom. The summed E-state index contributed by atoms with van der Waals surface area (Å²) in [5.74, 6) is 0. The summed E-state index contributed by atoms with van der Waals surface area (Å²) in [6, 6.07) is 76.9. The molecule has 0 N–H and O–H groups in total. The van der Waals surface area contributed by atoms with Crippen molar-refractivity contribution >= 4 is 43.1 Å². The minimum atomic E-state index is 1.23. The molecule has 0 unspecified atom stereocenters. The van der Waals surface area contributed by atoms with E-state index in [0.29, 0.717) is 0 Å². The third-order valence-corrected chi connectivity index (χ3v) is 12.9. The highest BCUT2D eigenvalue weighted by atomic mass is 14.3. The van der Waals surface area contributed by atoms with Crippen LogP contribution in [0.15, 0.2) is 206 Å². The summed E-state index contributed by atoms with van der Waals surface area (Å²) in [4.78, 5) is 0. The van der Waals surface area contributed by atoms with Gasteiger partial charge in [0.2, 0.25) is 0 Å². The van der Waals surface area contributed by atoms with Crippen molar-refractivity contribution in [2.45, 2.75) is 0 Å². The monoisotopic (exact) mass is 730 g/mol. The van der Waals surface area contributed by atoms with Gasteiger partial charge in [0.1, 0.15) is 0 Å². The van der Waals surface area contributed by atoms with Crippen LogP contribution in [0.3, 0.4) is 0 Å². The van der Waals surface area contributed by atoms with Gasteiger partial charge in [-0.1, -0.05) is 206 Å². The maximum absolute atomic E-state index is 2.39. The maximum atomic E-state index is 2.39. The molecule has 0 atom stereocenters. The van der Waals surface area contributed by atoms with Gasteiger partial charge in [-0.2, -0.15) is 0 Å². The van der Waals surface area contributed by atoms with Crippen molar-refractivity contribution in [3.63, 3.8) is 0 Å². The van der Waals surface area contributed by atoms with E-state index in [0.717, 1.165) is 0 Å². The summed E-state index contributed by atoms with van der Waals surface area (Å²) in [5.41, 5.74) is 20.8. The molecule has 13 rings (SSSR count). The highest BCUT2D eigenvalue weighted by molar-refractivity contribution is 6.29. The number of hydrogen-bond donors (Lipinski definition) is 0. The molecule has 0 saturated carbocycles. The third-order valence-electron chi connectivity index (χ3n) is 12.9. The number of benzene rings is 11. The van der Waals surface area contributed by atoms with Crippen molar-refractivity contribution in [2.24, 2.45) is 0 Å². The van der Waals surface area contributed by atoms with Crippen molar-refractivity contribution in [3.8, 4) is 89.0 Å². The fourth-order valence-electron chi connectivity index (χ4n) is 10.7. The van der Waals surface area contributed by atoms with E-state index >= 15 is 0 Å². The molecule has 0 aromatic heterocycles. The van der Waals surface area contributed by atoms with Crippen molar-refractivity contribution in [3.05, 3.63) is 206 Å². The first-order valence-corrected chi connectivity index (χ1v) is 20.3. The van der Waals surface area contributed by atoms with Crippen LogP contribution in [0, 0.1) is 0 Å². The van der Waals surface area contributed by atoms with Crippen LogP contribution in [0.1, 0.15) is 0 Å². The van der Waals surface area contributed by atoms with Gasteiger partial charge in [-0.15, -0.1) is 0 Å². The maximum Gasteiger partial charge on any atom is -0.000742 e. The molecule has 11 aromatic rings. The predicted molar refractivity (Wildman–Crippen MR) is 247 cm³/mol. The molecule has 0 fully saturated rings. The molecule has 0 spiro atoms. The van der Waals surface area contributed by atoms with Crippen LogP contribution in [0.25, 0.3) is 132 Å². The summed E-state index contributed by atoms with van der Waals surface area (Å²) in [6.45, 7) is 0. The minimum Gasteiger partial charge on any atom is -0.0622 e. The van der Waals surface area contributed by atoms with Gasteiger partial charge in [0.25, 0.3) is 0 Å². The zero-order valence-corrected chi connectivity index (χ0v) is 31.6. The van der Waals surface area contributed by atoms with Crippen LogP contribution in [0.2, 0.25) is 0 Å². The van der Waals surface area contributed by atoms with Crippen LogP contribution in [-0.2, 0) is 0 Å². The Morgan fingerprint density at radius 2 is 0.431 bits per heavy atom. The van der Waals surface area contributed by atoms with Crippen LogP contribution in [0.4, 0.5) is 0 Å². The fraction of sp³-hybridized carbons (Fsp3) is 0. The lowest BCUT2D eigenvalue weighted by atomic mass is 9.81. The molecule has 0 heteroatoms. The van der Waals surface area contributed by atoms with Crippen molar-refractivity contribution in [1.29, 1.82) is 0 Å². The van der Waals surface area contributed by atoms with Gasteiger partial charge in [0, 0.05) is 0 Å². The van der Waals surface area contributed by atoms with E-state index < -0.39 is 0 Å². The molecule has 266 valence electrons. The number of hydrogen-bond acceptors (Lipinski definition) is 0. The van der Waals surface area contributed by atoms with Crippen molar-refractivity contribution in [2.75, 3.05) is 0 Å². The molecular formula is C58H34. The second-order valence-electron chi connectivity index (χ2n) is 15.8. The lowest BCUT2D eigenvalue weighted by Crippen LogP contribution is -1.95. The quantitative estimate of drug-likeness (QED) is 0.169. The zero-order chi connectivity index (χ0) is 37.9. The van der Waals surface area contributed by atoms with E-state index in [-0.39, 0.29) is 0 Å². The Balaban J connectivity index is 1.10. The first-order valence-electron chi connectivity index (χ1n) is 20.3. The molecule has 2 aliphatic rings. The molecule has 58 heavy (non-hydrogen) atoms. The van der Waals surface area contributed by atoms with E-state index in [1.165, 1.54) is 132 Å². The highest BCUT2D eigenvalue weighted by Crippen LogP contribution is 2.60. The SMILES string of the molecule is c1ccc(-c2c3c(c(-c4ccc(-c5c6c(c(-c7ccccc7)c7ccccc57)-c5cccc7cccc-6c57)cc4)c4ccccc24)-c2cccc4cccc-3c24)cc1. The molecule has 2 aliphatic carbocycles. The largest absolute Gasteiger partial charge is 0.0622 e. The second kappa shape index (κ2) is 12.0. The highest BCUT2D eigenvalue weighted by Gasteiger charge is 2.32. The molecule has 0 amide bonds. The van der Waals surface area contributed by atoms with Crippen LogP contribution >= 0.6 is 0 Å². The van der Waals surface area contributed by atoms with E-state index in [4.69, 9.17) is 0 Å². The summed E-state index contributed by atoms with van der Waals surface area (Å²) >= 11 is 0. The van der Waals surface area contributed by atoms with E-state index in [2.05, 4.69) is 206 Å². The van der Waals surface area contributed by atoms with Crippen LogP contribution in [-0.4, -0.2) is 0 Å². The number of fused-ring (bicyclic) bond motifs is 8. The minimum absolute atomic E-state index is 1.23. The lowest BCUT2D eigenvalue weighted by Gasteiger charge is -2.22. The average molecular weight is 731 g/mol. The molecule has 0 saturated heterocycles. The standard InChI is InChI=1S/C58H34/c1-3-15-37(16-4-1)51-41-23-7-9-25-43(41)53(57-47-29-13-21-35-19-11-27-45(49(35)47)55(51)57)39-31-33-40(34-32-39)54-44-26-10-8-24-42(44)52(38-17-5-2-6-18-38)56-46-28-12-20-36-22-14-30-48(50(36)46)58(54)56/h1-34H. The van der Waals surface area contributed by atoms with Gasteiger partial charge >= 0.3 is 0 Å². The second-order valence-corrected chi connectivity index (χ2v) is 15.8. The van der Waals surface area contributed by atoms with Gasteiger partial charge in [0.15, 0.2) is 0 Å². The molecule has 0 aliphatic heterocycles. The summed E-state index contributed by atoms with van der Waals surface area (Å²) in [5, 5.41) is 10.4. The predicted octanol–water partition coefficient (Wildman–Crippen LogP) is 16.3. The Labute approximate surface area is 336 Å². The first kappa shape index (κ1) is 31.6. The molecule has 0 nitrogen and oxygen atoms in total.